The van der Waals surface area contributed by atoms with Gasteiger partial charge in [0.25, 0.3) is 5.88 Å². The summed E-state index contributed by atoms with van der Waals surface area (Å²) >= 11 is 0. The second-order valence-corrected chi connectivity index (χ2v) is 2.54. The molecule has 1 saturated heterocycles. The van der Waals surface area contributed by atoms with Crippen LogP contribution in [0.15, 0.2) is 6.20 Å². The van der Waals surface area contributed by atoms with E-state index in [0.29, 0.717) is 5.88 Å². The van der Waals surface area contributed by atoms with Crippen LogP contribution in [0.1, 0.15) is 6.42 Å². The quantitative estimate of drug-likeness (QED) is 0.605. The van der Waals surface area contributed by atoms with Gasteiger partial charge in [-0.3, -0.25) is 0 Å². The molecule has 2 rings (SSSR count). The van der Waals surface area contributed by atoms with Crippen molar-refractivity contribution < 1.29 is 4.74 Å². The summed E-state index contributed by atoms with van der Waals surface area (Å²) in [6, 6.07) is 0. The largest absolute Gasteiger partial charge is 0.471 e. The molecule has 1 fully saturated rings. The zero-order chi connectivity index (χ0) is 7.52. The first-order valence-electron chi connectivity index (χ1n) is 3.68. The number of H-pyrrole nitrogens is 1. The van der Waals surface area contributed by atoms with Crippen LogP contribution in [0.5, 0.6) is 5.88 Å². The minimum Gasteiger partial charge on any atom is -0.471 e. The molecular weight excluding hydrogens is 144 g/mol. The lowest BCUT2D eigenvalue weighted by atomic mass is 10.3. The Morgan fingerprint density at radius 2 is 2.64 bits per heavy atom. The molecule has 0 aliphatic carbocycles. The molecule has 1 aliphatic rings. The van der Waals surface area contributed by atoms with E-state index in [4.69, 9.17) is 4.74 Å². The number of rotatable bonds is 2. The van der Waals surface area contributed by atoms with E-state index in [1.807, 2.05) is 0 Å². The molecule has 0 spiro atoms. The summed E-state index contributed by atoms with van der Waals surface area (Å²) in [5, 5.41) is 13.1. The Balaban J connectivity index is 1.90. The number of hydrogen-bond donors (Lipinski definition) is 2. The first-order chi connectivity index (χ1) is 5.45. The minimum absolute atomic E-state index is 0.264. The maximum Gasteiger partial charge on any atom is 0.253 e. The van der Waals surface area contributed by atoms with Crippen LogP contribution in [0.4, 0.5) is 0 Å². The van der Waals surface area contributed by atoms with Crippen molar-refractivity contribution in [3.05, 3.63) is 6.20 Å². The molecule has 2 N–H and O–H groups in total. The molecule has 0 saturated carbocycles. The maximum absolute atomic E-state index is 5.45. The van der Waals surface area contributed by atoms with E-state index in [1.54, 1.807) is 6.20 Å². The molecule has 0 bridgehead atoms. The SMILES string of the molecule is c1n[nH]nc1OC1CCNC1. The summed E-state index contributed by atoms with van der Waals surface area (Å²) in [4.78, 5) is 0. The van der Waals surface area contributed by atoms with E-state index < -0.39 is 0 Å². The van der Waals surface area contributed by atoms with Gasteiger partial charge in [0.05, 0.1) is 0 Å². The van der Waals surface area contributed by atoms with Gasteiger partial charge in [0.2, 0.25) is 0 Å². The van der Waals surface area contributed by atoms with Crippen LogP contribution in [0.25, 0.3) is 0 Å². The fraction of sp³-hybridized carbons (Fsp3) is 0.667. The van der Waals surface area contributed by atoms with E-state index >= 15 is 0 Å². The highest BCUT2D eigenvalue weighted by atomic mass is 16.5. The number of hydrogen-bond acceptors (Lipinski definition) is 4. The molecule has 2 heterocycles. The standard InChI is InChI=1S/C6H10N4O/c1-2-7-3-5(1)11-6-4-8-10-9-6/h4-5,7H,1-3H2,(H,8,9,10). The first-order valence-corrected chi connectivity index (χ1v) is 3.68. The summed E-state index contributed by atoms with van der Waals surface area (Å²) in [5.74, 6) is 0.582. The fourth-order valence-electron chi connectivity index (χ4n) is 1.15. The van der Waals surface area contributed by atoms with Crippen LogP contribution >= 0.6 is 0 Å². The third-order valence-corrected chi connectivity index (χ3v) is 1.70. The summed E-state index contributed by atoms with van der Waals surface area (Å²) in [5.41, 5.74) is 0. The molecule has 1 atom stereocenters. The van der Waals surface area contributed by atoms with Crippen LogP contribution in [-0.2, 0) is 0 Å². The van der Waals surface area contributed by atoms with Gasteiger partial charge < -0.3 is 10.1 Å². The average Bonchev–Trinajstić information content (AvgIpc) is 2.60. The first kappa shape index (κ1) is 6.60. The van der Waals surface area contributed by atoms with E-state index in [9.17, 15) is 0 Å². The van der Waals surface area contributed by atoms with Gasteiger partial charge in [0.15, 0.2) is 0 Å². The highest BCUT2D eigenvalue weighted by Gasteiger charge is 2.16. The Hall–Kier alpha value is -1.10. The summed E-state index contributed by atoms with van der Waals surface area (Å²) in [6.45, 7) is 1.94. The fourth-order valence-corrected chi connectivity index (χ4v) is 1.15. The van der Waals surface area contributed by atoms with E-state index in [1.165, 1.54) is 0 Å². The van der Waals surface area contributed by atoms with Crippen LogP contribution in [0, 0.1) is 0 Å². The zero-order valence-corrected chi connectivity index (χ0v) is 6.08. The minimum atomic E-state index is 0.264. The molecule has 0 radical (unpaired) electrons. The molecule has 0 aromatic carbocycles. The predicted octanol–water partition coefficient (Wildman–Crippen LogP) is -0.455. The van der Waals surface area contributed by atoms with Crippen molar-refractivity contribution in [1.82, 2.24) is 20.7 Å². The van der Waals surface area contributed by atoms with Crippen molar-refractivity contribution in [2.75, 3.05) is 13.1 Å². The number of ether oxygens (including phenoxy) is 1. The average molecular weight is 154 g/mol. The summed E-state index contributed by atoms with van der Waals surface area (Å²) in [6.07, 6.45) is 2.89. The van der Waals surface area contributed by atoms with E-state index in [-0.39, 0.29) is 6.10 Å². The third-order valence-electron chi connectivity index (χ3n) is 1.70. The van der Waals surface area contributed by atoms with Crippen molar-refractivity contribution >= 4 is 0 Å². The Morgan fingerprint density at radius 3 is 3.27 bits per heavy atom. The molecule has 1 aromatic rings. The topological polar surface area (TPSA) is 62.8 Å². The van der Waals surface area contributed by atoms with Gasteiger partial charge in [-0.1, -0.05) is 0 Å². The molecule has 0 amide bonds. The molecule has 1 aromatic heterocycles. The lowest BCUT2D eigenvalue weighted by Crippen LogP contribution is -2.19. The smallest absolute Gasteiger partial charge is 0.253 e. The highest BCUT2D eigenvalue weighted by molar-refractivity contribution is 4.99. The van der Waals surface area contributed by atoms with E-state index in [0.717, 1.165) is 19.5 Å². The molecular formula is C6H10N4O. The van der Waals surface area contributed by atoms with Crippen molar-refractivity contribution in [2.45, 2.75) is 12.5 Å². The zero-order valence-electron chi connectivity index (χ0n) is 6.08. The monoisotopic (exact) mass is 154 g/mol. The van der Waals surface area contributed by atoms with Crippen LogP contribution in [0.2, 0.25) is 0 Å². The van der Waals surface area contributed by atoms with Crippen molar-refractivity contribution in [3.63, 3.8) is 0 Å². The highest BCUT2D eigenvalue weighted by Crippen LogP contribution is 2.08. The predicted molar refractivity (Wildman–Crippen MR) is 38.3 cm³/mol. The van der Waals surface area contributed by atoms with Crippen molar-refractivity contribution in [1.29, 1.82) is 0 Å². The molecule has 5 nitrogen and oxygen atoms in total. The summed E-state index contributed by atoms with van der Waals surface area (Å²) < 4.78 is 5.45. The van der Waals surface area contributed by atoms with Crippen LogP contribution in [0.3, 0.4) is 0 Å². The normalized spacial score (nSPS) is 23.8. The molecule has 5 heteroatoms. The van der Waals surface area contributed by atoms with Crippen molar-refractivity contribution in [3.8, 4) is 5.88 Å². The molecule has 60 valence electrons. The van der Waals surface area contributed by atoms with Gasteiger partial charge in [-0.2, -0.15) is 10.3 Å². The Bertz CT molecular complexity index is 204. The second-order valence-electron chi connectivity index (χ2n) is 2.54. The molecule has 1 unspecified atom stereocenters. The number of aromatic amines is 1. The van der Waals surface area contributed by atoms with Gasteiger partial charge in [-0.25, -0.2) is 0 Å². The number of aromatic nitrogens is 3. The number of nitrogens with zero attached hydrogens (tertiary/aromatic N) is 2. The van der Waals surface area contributed by atoms with E-state index in [2.05, 4.69) is 20.7 Å². The van der Waals surface area contributed by atoms with Gasteiger partial charge in [0.1, 0.15) is 12.3 Å². The van der Waals surface area contributed by atoms with Gasteiger partial charge in [-0.15, -0.1) is 5.10 Å². The lowest BCUT2D eigenvalue weighted by Gasteiger charge is -2.07. The molecule has 1 aliphatic heterocycles. The Kier molecular flexibility index (Phi) is 1.72. The molecule has 11 heavy (non-hydrogen) atoms. The number of nitrogens with one attached hydrogen (secondary N) is 2. The van der Waals surface area contributed by atoms with Crippen LogP contribution in [-0.4, -0.2) is 34.6 Å². The van der Waals surface area contributed by atoms with Crippen LogP contribution < -0.4 is 10.1 Å². The maximum atomic E-state index is 5.45. The lowest BCUT2D eigenvalue weighted by molar-refractivity contribution is 0.214. The Labute approximate surface area is 64.1 Å². The summed E-state index contributed by atoms with van der Waals surface area (Å²) in [7, 11) is 0. The van der Waals surface area contributed by atoms with Gasteiger partial charge >= 0.3 is 0 Å². The second kappa shape index (κ2) is 2.87. The van der Waals surface area contributed by atoms with Crippen molar-refractivity contribution in [2.24, 2.45) is 0 Å². The van der Waals surface area contributed by atoms with Gasteiger partial charge in [0, 0.05) is 6.54 Å². The third kappa shape index (κ3) is 1.48. The van der Waals surface area contributed by atoms with Gasteiger partial charge in [-0.05, 0) is 13.0 Å². The Morgan fingerprint density at radius 1 is 1.64 bits per heavy atom.